The van der Waals surface area contributed by atoms with Crippen LogP contribution in [-0.2, 0) is 10.2 Å². The van der Waals surface area contributed by atoms with Crippen LogP contribution in [0, 0.1) is 5.92 Å². The van der Waals surface area contributed by atoms with Gasteiger partial charge in [-0.3, -0.25) is 9.67 Å². The molecule has 1 atom stereocenters. The molecule has 164 valence electrons. The summed E-state index contributed by atoms with van der Waals surface area (Å²) in [4.78, 5) is 13.6. The van der Waals surface area contributed by atoms with Crippen molar-refractivity contribution in [3.63, 3.8) is 0 Å². The number of nitrogens with zero attached hydrogens (tertiary/aromatic N) is 6. The molecule has 1 saturated heterocycles. The van der Waals surface area contributed by atoms with Crippen LogP contribution in [0.3, 0.4) is 0 Å². The third kappa shape index (κ3) is 3.44. The van der Waals surface area contributed by atoms with Crippen LogP contribution in [0.25, 0.3) is 22.7 Å². The number of nitrogens with two attached hydrogens (primary N) is 1. The Labute approximate surface area is 185 Å². The van der Waals surface area contributed by atoms with E-state index < -0.39 is 5.41 Å². The molecule has 1 fully saturated rings. The van der Waals surface area contributed by atoms with Gasteiger partial charge in [-0.25, -0.2) is 4.98 Å². The van der Waals surface area contributed by atoms with E-state index in [1.807, 2.05) is 29.2 Å². The number of anilines is 1. The second-order valence-corrected chi connectivity index (χ2v) is 8.58. The van der Waals surface area contributed by atoms with E-state index in [9.17, 15) is 0 Å². The van der Waals surface area contributed by atoms with Gasteiger partial charge in [0.25, 0.3) is 5.89 Å². The molecule has 0 radical (unpaired) electrons. The van der Waals surface area contributed by atoms with E-state index in [-0.39, 0.29) is 12.0 Å². The van der Waals surface area contributed by atoms with Crippen molar-refractivity contribution in [3.05, 3.63) is 60.4 Å². The van der Waals surface area contributed by atoms with Gasteiger partial charge in [-0.05, 0) is 36.6 Å². The van der Waals surface area contributed by atoms with Crippen molar-refractivity contribution in [1.82, 2.24) is 29.9 Å². The second kappa shape index (κ2) is 7.83. The van der Waals surface area contributed by atoms with Gasteiger partial charge in [0.05, 0.1) is 42.1 Å². The Bertz CT molecular complexity index is 1210. The first-order valence-electron chi connectivity index (χ1n) is 10.6. The first-order valence-corrected chi connectivity index (χ1v) is 10.6. The van der Waals surface area contributed by atoms with E-state index in [1.54, 1.807) is 18.5 Å². The Morgan fingerprint density at radius 3 is 2.53 bits per heavy atom. The van der Waals surface area contributed by atoms with Crippen LogP contribution in [0.15, 0.2) is 53.6 Å². The standard InChI is InChI=1S/C23H25N7O2/c1-14(2)23(3,17-5-6-19(25-10-17)15-4-7-20(24)26-8-15)22-28-21(32-29-22)16-9-27-30(11-16)18-12-31-13-18/h4-11,14,18H,12-13H2,1-3H3,(H2,24,26)/t23-/m1/s1. The fourth-order valence-corrected chi connectivity index (χ4v) is 3.73. The highest BCUT2D eigenvalue weighted by Gasteiger charge is 2.38. The van der Waals surface area contributed by atoms with Crippen molar-refractivity contribution >= 4 is 5.82 Å². The maximum Gasteiger partial charge on any atom is 0.261 e. The van der Waals surface area contributed by atoms with Gasteiger partial charge in [0.1, 0.15) is 5.82 Å². The molecule has 0 amide bonds. The highest BCUT2D eigenvalue weighted by molar-refractivity contribution is 5.59. The molecule has 0 aromatic carbocycles. The zero-order valence-electron chi connectivity index (χ0n) is 18.3. The SMILES string of the molecule is CC(C)[C@](C)(c1ccc(-c2ccc(N)nc2)nc1)c1noc(-c2cnn(C3COC3)c2)n1. The van der Waals surface area contributed by atoms with Crippen LogP contribution in [0.5, 0.6) is 0 Å². The maximum absolute atomic E-state index is 5.69. The normalized spacial score (nSPS) is 16.1. The number of aromatic nitrogens is 6. The van der Waals surface area contributed by atoms with Crippen molar-refractivity contribution < 1.29 is 9.26 Å². The van der Waals surface area contributed by atoms with Crippen molar-refractivity contribution in [1.29, 1.82) is 0 Å². The van der Waals surface area contributed by atoms with Crippen molar-refractivity contribution in [2.75, 3.05) is 18.9 Å². The number of nitrogen functional groups attached to an aromatic ring is 1. The second-order valence-electron chi connectivity index (χ2n) is 8.58. The van der Waals surface area contributed by atoms with Crippen LogP contribution in [-0.4, -0.2) is 43.1 Å². The van der Waals surface area contributed by atoms with Gasteiger partial charge in [-0.1, -0.05) is 25.1 Å². The molecule has 0 saturated carbocycles. The minimum atomic E-state index is -0.482. The molecule has 5 heterocycles. The van der Waals surface area contributed by atoms with E-state index in [1.165, 1.54) is 0 Å². The van der Waals surface area contributed by atoms with Gasteiger partial charge < -0.3 is 15.0 Å². The number of pyridine rings is 2. The summed E-state index contributed by atoms with van der Waals surface area (Å²) in [6, 6.07) is 7.99. The maximum atomic E-state index is 5.69. The monoisotopic (exact) mass is 431 g/mol. The van der Waals surface area contributed by atoms with Crippen LogP contribution < -0.4 is 5.73 Å². The number of ether oxygens (including phenoxy) is 1. The summed E-state index contributed by atoms with van der Waals surface area (Å²) in [7, 11) is 0. The lowest BCUT2D eigenvalue weighted by atomic mass is 9.73. The summed E-state index contributed by atoms with van der Waals surface area (Å²) in [6.45, 7) is 7.75. The molecule has 0 unspecified atom stereocenters. The lowest BCUT2D eigenvalue weighted by Crippen LogP contribution is -2.31. The molecule has 5 rings (SSSR count). The van der Waals surface area contributed by atoms with E-state index in [2.05, 4.69) is 47.1 Å². The van der Waals surface area contributed by atoms with Gasteiger partial charge in [0, 0.05) is 24.2 Å². The fraction of sp³-hybridized carbons (Fsp3) is 0.348. The summed E-state index contributed by atoms with van der Waals surface area (Å²) in [6.07, 6.45) is 7.27. The highest BCUT2D eigenvalue weighted by atomic mass is 16.5. The Balaban J connectivity index is 1.45. The fourth-order valence-electron chi connectivity index (χ4n) is 3.73. The Kier molecular flexibility index (Phi) is 4.97. The minimum absolute atomic E-state index is 0.202. The van der Waals surface area contributed by atoms with Gasteiger partial charge in [-0.2, -0.15) is 10.1 Å². The molecule has 9 heteroatoms. The molecular weight excluding hydrogens is 406 g/mol. The third-order valence-corrected chi connectivity index (χ3v) is 6.33. The molecule has 0 aliphatic carbocycles. The van der Waals surface area contributed by atoms with E-state index in [0.717, 1.165) is 22.4 Å². The Hall–Kier alpha value is -3.59. The van der Waals surface area contributed by atoms with E-state index in [4.69, 9.17) is 20.0 Å². The summed E-state index contributed by atoms with van der Waals surface area (Å²) in [5, 5.41) is 8.75. The van der Waals surface area contributed by atoms with Gasteiger partial charge >= 0.3 is 0 Å². The molecule has 0 bridgehead atoms. The third-order valence-electron chi connectivity index (χ3n) is 6.33. The average molecular weight is 432 g/mol. The van der Waals surface area contributed by atoms with Gasteiger partial charge in [-0.15, -0.1) is 0 Å². The molecular formula is C23H25N7O2. The number of hydrogen-bond donors (Lipinski definition) is 1. The zero-order chi connectivity index (χ0) is 22.3. The lowest BCUT2D eigenvalue weighted by Gasteiger charge is -2.30. The van der Waals surface area contributed by atoms with Gasteiger partial charge in [0.15, 0.2) is 5.82 Å². The summed E-state index contributed by atoms with van der Waals surface area (Å²) >= 11 is 0. The van der Waals surface area contributed by atoms with Crippen molar-refractivity contribution in [2.45, 2.75) is 32.2 Å². The summed E-state index contributed by atoms with van der Waals surface area (Å²) in [5.41, 5.74) is 8.75. The molecule has 32 heavy (non-hydrogen) atoms. The smallest absolute Gasteiger partial charge is 0.261 e. The highest BCUT2D eigenvalue weighted by Crippen LogP contribution is 2.38. The van der Waals surface area contributed by atoms with Crippen LogP contribution in [0.1, 0.15) is 38.2 Å². The summed E-state index contributed by atoms with van der Waals surface area (Å²) < 4.78 is 12.8. The topological polar surface area (TPSA) is 118 Å². The average Bonchev–Trinajstić information content (AvgIpc) is 3.43. The first-order chi connectivity index (χ1) is 15.4. The minimum Gasteiger partial charge on any atom is -0.384 e. The van der Waals surface area contributed by atoms with Crippen molar-refractivity contribution in [3.8, 4) is 22.7 Å². The predicted molar refractivity (Wildman–Crippen MR) is 119 cm³/mol. The molecule has 4 aromatic rings. The number of rotatable bonds is 6. The lowest BCUT2D eigenvalue weighted by molar-refractivity contribution is -0.0286. The number of hydrogen-bond acceptors (Lipinski definition) is 8. The van der Waals surface area contributed by atoms with Gasteiger partial charge in [0.2, 0.25) is 0 Å². The Morgan fingerprint density at radius 2 is 1.91 bits per heavy atom. The largest absolute Gasteiger partial charge is 0.384 e. The molecule has 9 nitrogen and oxygen atoms in total. The quantitative estimate of drug-likeness (QED) is 0.493. The van der Waals surface area contributed by atoms with Crippen LogP contribution >= 0.6 is 0 Å². The van der Waals surface area contributed by atoms with Crippen LogP contribution in [0.4, 0.5) is 5.82 Å². The molecule has 0 spiro atoms. The zero-order valence-corrected chi connectivity index (χ0v) is 18.3. The Morgan fingerprint density at radius 1 is 1.06 bits per heavy atom. The van der Waals surface area contributed by atoms with E-state index in [0.29, 0.717) is 30.7 Å². The molecule has 1 aliphatic heterocycles. The van der Waals surface area contributed by atoms with E-state index >= 15 is 0 Å². The predicted octanol–water partition coefficient (Wildman–Crippen LogP) is 3.51. The molecule has 1 aliphatic rings. The summed E-state index contributed by atoms with van der Waals surface area (Å²) in [5.74, 6) is 1.76. The van der Waals surface area contributed by atoms with Crippen molar-refractivity contribution in [2.24, 2.45) is 5.92 Å². The molecule has 4 aromatic heterocycles. The van der Waals surface area contributed by atoms with Crippen LogP contribution in [0.2, 0.25) is 0 Å². The molecule has 2 N–H and O–H groups in total. The first kappa shape index (κ1) is 20.3.